The van der Waals surface area contributed by atoms with Gasteiger partial charge < -0.3 is 9.47 Å². The summed E-state index contributed by atoms with van der Waals surface area (Å²) in [7, 11) is 0. The van der Waals surface area contributed by atoms with Gasteiger partial charge >= 0.3 is 11.9 Å². The minimum atomic E-state index is -0.492. The van der Waals surface area contributed by atoms with Crippen LogP contribution >= 0.6 is 0 Å². The number of ether oxygens (including phenoxy) is 2. The Morgan fingerprint density at radius 1 is 0.419 bits per heavy atom. The number of Topliss-reactive ketones (excluding diaryl/α,β-unsaturated/α-hetero) is 2. The first-order valence-corrected chi connectivity index (χ1v) is 22.4. The van der Waals surface area contributed by atoms with E-state index in [0.717, 1.165) is 36.8 Å². The smallest absolute Gasteiger partial charge is 0.343 e. The van der Waals surface area contributed by atoms with Gasteiger partial charge in [0, 0.05) is 36.4 Å². The fraction of sp³-hybridized carbons (Fsp3) is 0.333. The lowest BCUT2D eigenvalue weighted by atomic mass is 10.0. The van der Waals surface area contributed by atoms with Crippen molar-refractivity contribution in [2.75, 3.05) is 0 Å². The maximum Gasteiger partial charge on any atom is 0.343 e. The summed E-state index contributed by atoms with van der Waals surface area (Å²) >= 11 is 0. The minimum absolute atomic E-state index is 0.111. The molecule has 0 saturated heterocycles. The van der Waals surface area contributed by atoms with Crippen molar-refractivity contribution in [3.05, 3.63) is 155 Å². The van der Waals surface area contributed by atoms with Gasteiger partial charge in [-0.25, -0.2) is 9.59 Å². The number of aliphatic imine (C=N–C) groups is 2. The molecular formula is C54H60N2O6. The second-order valence-corrected chi connectivity index (χ2v) is 15.7. The summed E-state index contributed by atoms with van der Waals surface area (Å²) in [6, 6.07) is 34.9. The van der Waals surface area contributed by atoms with Gasteiger partial charge in [0.2, 0.25) is 0 Å². The highest BCUT2D eigenvalue weighted by Crippen LogP contribution is 2.21. The van der Waals surface area contributed by atoms with Crippen LogP contribution in [-0.2, 0) is 0 Å². The van der Waals surface area contributed by atoms with Crippen LogP contribution in [0.3, 0.4) is 0 Å². The first kappa shape index (κ1) is 46.8. The molecule has 0 N–H and O–H groups in total. The molecule has 62 heavy (non-hydrogen) atoms. The van der Waals surface area contributed by atoms with E-state index in [4.69, 9.17) is 9.47 Å². The zero-order chi connectivity index (χ0) is 43.8. The summed E-state index contributed by atoms with van der Waals surface area (Å²) in [5.74, 6) is 0.000574. The third kappa shape index (κ3) is 16.3. The number of nitrogens with zero attached hydrogens (tertiary/aromatic N) is 2. The second-order valence-electron chi connectivity index (χ2n) is 15.7. The van der Waals surface area contributed by atoms with Gasteiger partial charge in [-0.3, -0.25) is 19.6 Å². The summed E-state index contributed by atoms with van der Waals surface area (Å²) in [6.45, 7) is 4.42. The van der Waals surface area contributed by atoms with Crippen LogP contribution in [-0.4, -0.2) is 35.9 Å². The number of benzene rings is 5. The maximum atomic E-state index is 12.8. The lowest BCUT2D eigenvalue weighted by molar-refractivity contribution is 0.0725. The van der Waals surface area contributed by atoms with Crippen molar-refractivity contribution in [2.45, 2.75) is 117 Å². The molecule has 0 aliphatic heterocycles. The quantitative estimate of drug-likeness (QED) is 0.0180. The lowest BCUT2D eigenvalue weighted by Crippen LogP contribution is -2.08. The average Bonchev–Trinajstić information content (AvgIpc) is 3.30. The van der Waals surface area contributed by atoms with Gasteiger partial charge in [-0.2, -0.15) is 0 Å². The number of unbranched alkanes of at least 4 members (excludes halogenated alkanes) is 12. The fourth-order valence-corrected chi connectivity index (χ4v) is 6.91. The number of hydrogen-bond acceptors (Lipinski definition) is 8. The molecule has 5 aromatic carbocycles. The van der Waals surface area contributed by atoms with Crippen molar-refractivity contribution in [3.8, 4) is 11.5 Å². The van der Waals surface area contributed by atoms with Gasteiger partial charge in [0.05, 0.1) is 22.5 Å². The van der Waals surface area contributed by atoms with Gasteiger partial charge in [-0.1, -0.05) is 109 Å². The number of ketones is 2. The van der Waals surface area contributed by atoms with E-state index in [1.165, 1.54) is 64.2 Å². The lowest BCUT2D eigenvalue weighted by Gasteiger charge is -2.06. The van der Waals surface area contributed by atoms with Crippen LogP contribution in [0, 0.1) is 0 Å². The van der Waals surface area contributed by atoms with E-state index >= 15 is 0 Å². The number of carbonyl (C=O) groups excluding carboxylic acids is 4. The Hall–Kier alpha value is -6.28. The van der Waals surface area contributed by atoms with Crippen LogP contribution in [0.5, 0.6) is 11.5 Å². The van der Waals surface area contributed by atoms with E-state index in [2.05, 4.69) is 23.8 Å². The molecule has 0 saturated carbocycles. The molecule has 0 radical (unpaired) electrons. The Bertz CT molecular complexity index is 2070. The molecule has 0 unspecified atom stereocenters. The summed E-state index contributed by atoms with van der Waals surface area (Å²) < 4.78 is 11.1. The van der Waals surface area contributed by atoms with E-state index < -0.39 is 11.9 Å². The molecule has 0 amide bonds. The van der Waals surface area contributed by atoms with Crippen LogP contribution in [0.25, 0.3) is 0 Å². The molecule has 0 aliphatic carbocycles. The van der Waals surface area contributed by atoms with E-state index in [9.17, 15) is 19.2 Å². The van der Waals surface area contributed by atoms with Crippen molar-refractivity contribution >= 4 is 47.3 Å². The molecule has 0 atom stereocenters. The van der Waals surface area contributed by atoms with Crippen molar-refractivity contribution < 1.29 is 28.7 Å². The van der Waals surface area contributed by atoms with Gasteiger partial charge in [0.15, 0.2) is 11.6 Å². The van der Waals surface area contributed by atoms with Crippen molar-refractivity contribution in [1.82, 2.24) is 0 Å². The van der Waals surface area contributed by atoms with E-state index in [0.29, 0.717) is 58.0 Å². The van der Waals surface area contributed by atoms with Gasteiger partial charge in [-0.05, 0) is 127 Å². The molecule has 5 aromatic rings. The Morgan fingerprint density at radius 3 is 1.13 bits per heavy atom. The van der Waals surface area contributed by atoms with Gasteiger partial charge in [0.1, 0.15) is 11.5 Å². The molecule has 0 bridgehead atoms. The average molecular weight is 833 g/mol. The van der Waals surface area contributed by atoms with Crippen LogP contribution in [0.15, 0.2) is 131 Å². The highest BCUT2D eigenvalue weighted by Gasteiger charge is 2.12. The van der Waals surface area contributed by atoms with Crippen LogP contribution in [0.2, 0.25) is 0 Å². The first-order valence-electron chi connectivity index (χ1n) is 22.4. The van der Waals surface area contributed by atoms with Gasteiger partial charge in [0.25, 0.3) is 0 Å². The Kier molecular flexibility index (Phi) is 19.7. The highest BCUT2D eigenvalue weighted by molar-refractivity contribution is 5.97. The second kappa shape index (κ2) is 26.1. The van der Waals surface area contributed by atoms with Crippen LogP contribution < -0.4 is 9.47 Å². The number of rotatable bonds is 26. The third-order valence-electron chi connectivity index (χ3n) is 10.6. The van der Waals surface area contributed by atoms with E-state index in [-0.39, 0.29) is 11.6 Å². The number of esters is 2. The number of carbonyl (C=O) groups is 4. The summed E-state index contributed by atoms with van der Waals surface area (Å²) in [6.07, 6.45) is 20.8. The van der Waals surface area contributed by atoms with Crippen LogP contribution in [0.1, 0.15) is 169 Å². The molecule has 8 heteroatoms. The summed E-state index contributed by atoms with van der Waals surface area (Å²) in [5.41, 5.74) is 5.11. The number of hydrogen-bond donors (Lipinski definition) is 0. The minimum Gasteiger partial charge on any atom is -0.423 e. The summed E-state index contributed by atoms with van der Waals surface area (Å²) in [4.78, 5) is 59.9. The van der Waals surface area contributed by atoms with Gasteiger partial charge in [-0.15, -0.1) is 0 Å². The highest BCUT2D eigenvalue weighted by atomic mass is 16.5. The fourth-order valence-electron chi connectivity index (χ4n) is 6.91. The summed E-state index contributed by atoms with van der Waals surface area (Å²) in [5, 5.41) is 0. The Labute approximate surface area is 367 Å². The predicted octanol–water partition coefficient (Wildman–Crippen LogP) is 14.3. The Balaban J connectivity index is 1.04. The van der Waals surface area contributed by atoms with E-state index in [1.54, 1.807) is 109 Å². The zero-order valence-electron chi connectivity index (χ0n) is 36.4. The van der Waals surface area contributed by atoms with Crippen LogP contribution in [0.4, 0.5) is 11.4 Å². The standard InChI is InChI=1S/C54H60N2O6/c1-3-5-7-9-11-13-15-20-51(57)43-26-34-49(35-27-43)61-53(59)45-22-30-47(31-23-45)55-39-41-18-17-19-42(38-41)40-56-48-32-24-46(25-33-48)54(60)62-50-36-28-44(29-37-50)52(58)21-16-14-12-10-8-6-4-2/h17-19,22-40H,3-16,20-21H2,1-2H3. The monoisotopic (exact) mass is 832 g/mol. The van der Waals surface area contributed by atoms with Crippen molar-refractivity contribution in [2.24, 2.45) is 9.98 Å². The molecule has 322 valence electrons. The molecule has 5 rings (SSSR count). The molecule has 0 aliphatic rings. The molecule has 0 fully saturated rings. The first-order chi connectivity index (χ1) is 30.3. The third-order valence-corrected chi connectivity index (χ3v) is 10.6. The normalized spacial score (nSPS) is 11.3. The van der Waals surface area contributed by atoms with Crippen molar-refractivity contribution in [1.29, 1.82) is 0 Å². The molecule has 0 aromatic heterocycles. The topological polar surface area (TPSA) is 111 Å². The zero-order valence-corrected chi connectivity index (χ0v) is 36.4. The predicted molar refractivity (Wildman–Crippen MR) is 251 cm³/mol. The van der Waals surface area contributed by atoms with Crippen molar-refractivity contribution in [3.63, 3.8) is 0 Å². The maximum absolute atomic E-state index is 12.8. The molecule has 0 heterocycles. The molecule has 0 spiro atoms. The SMILES string of the molecule is CCCCCCCCCC(=O)c1ccc(OC(=O)c2ccc(N=Cc3cccc(C=Nc4ccc(C(=O)Oc5ccc(C(=O)CCCCCCCCC)cc5)cc4)c3)cc2)cc1. The Morgan fingerprint density at radius 2 is 0.758 bits per heavy atom. The molecular weight excluding hydrogens is 773 g/mol. The van der Waals surface area contributed by atoms with E-state index in [1.807, 2.05) is 24.3 Å². The largest absolute Gasteiger partial charge is 0.423 e. The molecule has 8 nitrogen and oxygen atoms in total.